The average Bonchev–Trinajstić information content (AvgIpc) is 2.70. The average molecular weight is 197 g/mol. The largest absolute Gasteiger partial charge is 0.351 e. The summed E-state index contributed by atoms with van der Waals surface area (Å²) >= 11 is 0. The summed E-state index contributed by atoms with van der Waals surface area (Å²) < 4.78 is 5.75. The van der Waals surface area contributed by atoms with Gasteiger partial charge < -0.3 is 4.74 Å². The van der Waals surface area contributed by atoms with Crippen LogP contribution in [-0.4, -0.2) is 36.3 Å². The SMILES string of the molecule is CON(C)C(=O)C12C=CC(C)(CC1)O2. The second-order valence-corrected chi connectivity index (χ2v) is 4.12. The van der Waals surface area contributed by atoms with Gasteiger partial charge in [-0.1, -0.05) is 6.08 Å². The summed E-state index contributed by atoms with van der Waals surface area (Å²) in [5.41, 5.74) is -1.01. The van der Waals surface area contributed by atoms with Crippen molar-refractivity contribution in [3.8, 4) is 0 Å². The number of rotatable bonds is 2. The summed E-state index contributed by atoms with van der Waals surface area (Å²) in [5.74, 6) is -0.127. The summed E-state index contributed by atoms with van der Waals surface area (Å²) in [7, 11) is 3.07. The highest BCUT2D eigenvalue weighted by molar-refractivity contribution is 5.87. The van der Waals surface area contributed by atoms with Crippen LogP contribution in [0.5, 0.6) is 0 Å². The molecular weight excluding hydrogens is 182 g/mol. The molecule has 1 amide bonds. The van der Waals surface area contributed by atoms with Crippen LogP contribution in [0.25, 0.3) is 0 Å². The van der Waals surface area contributed by atoms with Crippen molar-refractivity contribution in [3.05, 3.63) is 12.2 Å². The Labute approximate surface area is 83.4 Å². The van der Waals surface area contributed by atoms with Crippen LogP contribution in [0.1, 0.15) is 19.8 Å². The molecule has 2 bridgehead atoms. The number of hydrogen-bond acceptors (Lipinski definition) is 3. The van der Waals surface area contributed by atoms with Crippen molar-refractivity contribution >= 4 is 5.91 Å². The van der Waals surface area contributed by atoms with Crippen LogP contribution >= 0.6 is 0 Å². The Morgan fingerprint density at radius 2 is 2.21 bits per heavy atom. The molecule has 2 aliphatic rings. The maximum atomic E-state index is 11.9. The Morgan fingerprint density at radius 3 is 2.57 bits per heavy atom. The highest BCUT2D eigenvalue weighted by atomic mass is 16.7. The predicted octanol–water partition coefficient (Wildman–Crippen LogP) is 0.884. The zero-order valence-electron chi connectivity index (χ0n) is 8.74. The Morgan fingerprint density at radius 1 is 1.50 bits per heavy atom. The molecule has 0 radical (unpaired) electrons. The number of nitrogens with zero attached hydrogens (tertiary/aromatic N) is 1. The smallest absolute Gasteiger partial charge is 0.282 e. The fourth-order valence-corrected chi connectivity index (χ4v) is 2.07. The van der Waals surface area contributed by atoms with Crippen LogP contribution < -0.4 is 0 Å². The van der Waals surface area contributed by atoms with E-state index in [1.807, 2.05) is 19.1 Å². The summed E-state index contributed by atoms with van der Waals surface area (Å²) in [4.78, 5) is 16.8. The molecule has 0 N–H and O–H groups in total. The van der Waals surface area contributed by atoms with Crippen molar-refractivity contribution in [1.29, 1.82) is 0 Å². The van der Waals surface area contributed by atoms with E-state index in [2.05, 4.69) is 0 Å². The van der Waals surface area contributed by atoms with Crippen LogP contribution in [0.3, 0.4) is 0 Å². The molecule has 0 aromatic heterocycles. The van der Waals surface area contributed by atoms with E-state index >= 15 is 0 Å². The molecule has 2 unspecified atom stereocenters. The number of ether oxygens (including phenoxy) is 1. The van der Waals surface area contributed by atoms with Gasteiger partial charge in [0, 0.05) is 7.05 Å². The first-order chi connectivity index (χ1) is 6.51. The van der Waals surface area contributed by atoms with Gasteiger partial charge in [-0.3, -0.25) is 9.63 Å². The van der Waals surface area contributed by atoms with Crippen LogP contribution in [0, 0.1) is 0 Å². The minimum absolute atomic E-state index is 0.127. The van der Waals surface area contributed by atoms with Gasteiger partial charge in [0.25, 0.3) is 5.91 Å². The van der Waals surface area contributed by atoms with E-state index in [1.54, 1.807) is 7.05 Å². The topological polar surface area (TPSA) is 38.8 Å². The number of likely N-dealkylation sites (N-methyl/N-ethyl adjacent to an activating group) is 1. The maximum absolute atomic E-state index is 11.9. The maximum Gasteiger partial charge on any atom is 0.282 e. The van der Waals surface area contributed by atoms with Gasteiger partial charge in [0.1, 0.15) is 0 Å². The van der Waals surface area contributed by atoms with Gasteiger partial charge in [-0.25, -0.2) is 5.06 Å². The zero-order chi connectivity index (χ0) is 10.4. The van der Waals surface area contributed by atoms with E-state index in [9.17, 15) is 4.79 Å². The monoisotopic (exact) mass is 197 g/mol. The molecule has 4 heteroatoms. The molecule has 2 heterocycles. The number of hydroxylamine groups is 2. The summed E-state index contributed by atoms with van der Waals surface area (Å²) in [6.07, 6.45) is 5.46. The van der Waals surface area contributed by atoms with E-state index in [0.29, 0.717) is 0 Å². The summed E-state index contributed by atoms with van der Waals surface area (Å²) in [5, 5.41) is 1.22. The lowest BCUT2D eigenvalue weighted by Gasteiger charge is -2.26. The molecule has 78 valence electrons. The lowest BCUT2D eigenvalue weighted by Crippen LogP contribution is -2.44. The van der Waals surface area contributed by atoms with Crippen LogP contribution in [0.15, 0.2) is 12.2 Å². The number of carbonyl (C=O) groups is 1. The van der Waals surface area contributed by atoms with Gasteiger partial charge in [0.15, 0.2) is 5.60 Å². The molecule has 0 saturated carbocycles. The lowest BCUT2D eigenvalue weighted by molar-refractivity contribution is -0.187. The molecular formula is C10H15NO3. The number of carbonyl (C=O) groups excluding carboxylic acids is 1. The van der Waals surface area contributed by atoms with E-state index in [-0.39, 0.29) is 11.5 Å². The van der Waals surface area contributed by atoms with Crippen molar-refractivity contribution in [1.82, 2.24) is 5.06 Å². The van der Waals surface area contributed by atoms with Crippen molar-refractivity contribution in [2.75, 3.05) is 14.2 Å². The van der Waals surface area contributed by atoms with Gasteiger partial charge in [0.05, 0.1) is 12.7 Å². The first-order valence-corrected chi connectivity index (χ1v) is 4.74. The highest BCUT2D eigenvalue weighted by Gasteiger charge is 2.54. The zero-order valence-corrected chi connectivity index (χ0v) is 8.74. The van der Waals surface area contributed by atoms with E-state index in [0.717, 1.165) is 12.8 Å². The molecule has 1 saturated heterocycles. The van der Waals surface area contributed by atoms with Crippen LogP contribution in [0.4, 0.5) is 0 Å². The second-order valence-electron chi connectivity index (χ2n) is 4.12. The van der Waals surface area contributed by atoms with E-state index in [1.165, 1.54) is 12.2 Å². The molecule has 1 fully saturated rings. The lowest BCUT2D eigenvalue weighted by atomic mass is 9.89. The number of hydrogen-bond donors (Lipinski definition) is 0. The van der Waals surface area contributed by atoms with Crippen LogP contribution in [0.2, 0.25) is 0 Å². The van der Waals surface area contributed by atoms with E-state index in [4.69, 9.17) is 9.57 Å². The Hall–Kier alpha value is -0.870. The van der Waals surface area contributed by atoms with Gasteiger partial charge in [-0.05, 0) is 25.8 Å². The molecule has 4 nitrogen and oxygen atoms in total. The van der Waals surface area contributed by atoms with E-state index < -0.39 is 5.60 Å². The fourth-order valence-electron chi connectivity index (χ4n) is 2.07. The molecule has 2 atom stereocenters. The summed E-state index contributed by atoms with van der Waals surface area (Å²) in [6.45, 7) is 2.00. The van der Waals surface area contributed by atoms with Gasteiger partial charge in [0.2, 0.25) is 0 Å². The molecule has 0 aromatic carbocycles. The van der Waals surface area contributed by atoms with Crippen molar-refractivity contribution < 1.29 is 14.4 Å². The quantitative estimate of drug-likeness (QED) is 0.487. The minimum Gasteiger partial charge on any atom is -0.351 e. The predicted molar refractivity (Wildman–Crippen MR) is 50.4 cm³/mol. The molecule has 14 heavy (non-hydrogen) atoms. The Kier molecular flexibility index (Phi) is 1.94. The molecule has 0 aliphatic carbocycles. The third-order valence-electron chi connectivity index (χ3n) is 3.04. The third-order valence-corrected chi connectivity index (χ3v) is 3.04. The normalized spacial score (nSPS) is 39.1. The first-order valence-electron chi connectivity index (χ1n) is 4.74. The van der Waals surface area contributed by atoms with Crippen molar-refractivity contribution in [2.24, 2.45) is 0 Å². The molecule has 2 aliphatic heterocycles. The van der Waals surface area contributed by atoms with Crippen molar-refractivity contribution in [3.63, 3.8) is 0 Å². The Balaban J connectivity index is 2.20. The van der Waals surface area contributed by atoms with Crippen LogP contribution in [-0.2, 0) is 14.4 Å². The third kappa shape index (κ3) is 1.18. The molecule has 0 aromatic rings. The van der Waals surface area contributed by atoms with Crippen molar-refractivity contribution in [2.45, 2.75) is 31.0 Å². The molecule has 2 rings (SSSR count). The highest BCUT2D eigenvalue weighted by Crippen LogP contribution is 2.46. The second kappa shape index (κ2) is 2.81. The minimum atomic E-state index is -0.764. The van der Waals surface area contributed by atoms with Gasteiger partial charge >= 0.3 is 0 Å². The Bertz CT molecular complexity index is 302. The molecule has 0 spiro atoms. The number of fused-ring (bicyclic) bond motifs is 2. The first kappa shape index (κ1) is 9.68. The summed E-state index contributed by atoms with van der Waals surface area (Å²) in [6, 6.07) is 0. The standard InChI is InChI=1S/C10H15NO3/c1-9-4-6-10(14-9,7-5-9)8(12)11(2)13-3/h4,6H,5,7H2,1-3H3. The number of amides is 1. The van der Waals surface area contributed by atoms with Gasteiger partial charge in [-0.15, -0.1) is 0 Å². The van der Waals surface area contributed by atoms with Gasteiger partial charge in [-0.2, -0.15) is 0 Å². The fraction of sp³-hybridized carbons (Fsp3) is 0.700.